The van der Waals surface area contributed by atoms with Crippen LogP contribution < -0.4 is 15.0 Å². The zero-order valence-electron chi connectivity index (χ0n) is 17.9. The summed E-state index contributed by atoms with van der Waals surface area (Å²) in [5.41, 5.74) is 4.20. The normalized spacial score (nSPS) is 11.0. The third-order valence-electron chi connectivity index (χ3n) is 5.14. The van der Waals surface area contributed by atoms with Crippen LogP contribution in [0.15, 0.2) is 64.7 Å². The highest BCUT2D eigenvalue weighted by Crippen LogP contribution is 2.28. The maximum absolute atomic E-state index is 13.5. The van der Waals surface area contributed by atoms with Gasteiger partial charge in [-0.1, -0.05) is 23.4 Å². The minimum absolute atomic E-state index is 0.100. The van der Waals surface area contributed by atoms with Gasteiger partial charge in [-0.25, -0.2) is 4.98 Å². The van der Waals surface area contributed by atoms with E-state index in [4.69, 9.17) is 14.5 Å². The lowest BCUT2D eigenvalue weighted by molar-refractivity contribution is 0.410. The Morgan fingerprint density at radius 2 is 1.77 bits per heavy atom. The van der Waals surface area contributed by atoms with Crippen molar-refractivity contribution in [2.45, 2.75) is 24.8 Å². The van der Waals surface area contributed by atoms with Crippen molar-refractivity contribution in [2.24, 2.45) is 0 Å². The summed E-state index contributed by atoms with van der Waals surface area (Å²) in [5.74, 6) is 2.08. The van der Waals surface area contributed by atoms with Gasteiger partial charge >= 0.3 is 0 Å². The molecule has 0 radical (unpaired) electrons. The molecule has 2 heterocycles. The molecule has 0 spiro atoms. The molecule has 0 aliphatic heterocycles. The third-order valence-corrected chi connectivity index (χ3v) is 6.09. The van der Waals surface area contributed by atoms with E-state index in [0.717, 1.165) is 34.0 Å². The molecule has 4 rings (SSSR count). The van der Waals surface area contributed by atoms with Gasteiger partial charge in [0.1, 0.15) is 11.5 Å². The molecule has 2 aromatic heterocycles. The van der Waals surface area contributed by atoms with Gasteiger partial charge in [-0.15, -0.1) is 0 Å². The van der Waals surface area contributed by atoms with Crippen molar-refractivity contribution in [1.29, 1.82) is 0 Å². The zero-order valence-corrected chi connectivity index (χ0v) is 18.7. The summed E-state index contributed by atoms with van der Waals surface area (Å²) in [6.45, 7) is 3.95. The second kappa shape index (κ2) is 8.81. The molecule has 0 amide bonds. The number of pyridine rings is 1. The predicted molar refractivity (Wildman–Crippen MR) is 124 cm³/mol. The number of nitrogens with zero attached hydrogens (tertiary/aromatic N) is 3. The fraction of sp³-hybridized carbons (Fsp3) is 0.208. The summed E-state index contributed by atoms with van der Waals surface area (Å²) >= 11 is 1.47. The van der Waals surface area contributed by atoms with Crippen LogP contribution in [-0.2, 0) is 5.75 Å². The molecule has 0 fully saturated rings. The van der Waals surface area contributed by atoms with E-state index in [0.29, 0.717) is 21.8 Å². The predicted octanol–water partition coefficient (Wildman–Crippen LogP) is 4.71. The quantitative estimate of drug-likeness (QED) is 0.324. The highest BCUT2D eigenvalue weighted by molar-refractivity contribution is 7.98. The van der Waals surface area contributed by atoms with E-state index in [1.54, 1.807) is 25.0 Å². The van der Waals surface area contributed by atoms with E-state index >= 15 is 0 Å². The number of aryl methyl sites for hydroxylation is 1. The summed E-state index contributed by atoms with van der Waals surface area (Å²) in [5, 5.41) is 1.20. The molecule has 6 nitrogen and oxygen atoms in total. The first kappa shape index (κ1) is 20.9. The van der Waals surface area contributed by atoms with Crippen LogP contribution in [0.1, 0.15) is 16.8 Å². The Labute approximate surface area is 184 Å². The minimum atomic E-state index is -0.100. The van der Waals surface area contributed by atoms with Crippen molar-refractivity contribution in [1.82, 2.24) is 14.5 Å². The standard InChI is InChI=1S/C24H23N3O3S/c1-15-5-10-20-19(13-15)23(28)27(17-6-8-18(29-3)9-7-17)24(26-20)31-14-21-16(2)22(30-4)11-12-25-21/h5-13H,14H2,1-4H3. The lowest BCUT2D eigenvalue weighted by Gasteiger charge is -2.15. The minimum Gasteiger partial charge on any atom is -0.497 e. The molecule has 0 atom stereocenters. The fourth-order valence-corrected chi connectivity index (χ4v) is 4.43. The summed E-state index contributed by atoms with van der Waals surface area (Å²) in [7, 11) is 3.26. The number of methoxy groups -OCH3 is 2. The van der Waals surface area contributed by atoms with Crippen LogP contribution >= 0.6 is 11.8 Å². The number of hydrogen-bond donors (Lipinski definition) is 0. The molecule has 158 valence electrons. The highest BCUT2D eigenvalue weighted by Gasteiger charge is 2.15. The van der Waals surface area contributed by atoms with Crippen molar-refractivity contribution in [2.75, 3.05) is 14.2 Å². The van der Waals surface area contributed by atoms with E-state index in [2.05, 4.69) is 4.98 Å². The first-order chi connectivity index (χ1) is 15.0. The Morgan fingerprint density at radius 1 is 1.00 bits per heavy atom. The van der Waals surface area contributed by atoms with Gasteiger partial charge in [0.15, 0.2) is 5.16 Å². The molecule has 31 heavy (non-hydrogen) atoms. The number of ether oxygens (including phenoxy) is 2. The largest absolute Gasteiger partial charge is 0.497 e. The maximum Gasteiger partial charge on any atom is 0.266 e. The van der Waals surface area contributed by atoms with Gasteiger partial charge in [-0.3, -0.25) is 14.3 Å². The Hall–Kier alpha value is -3.32. The van der Waals surface area contributed by atoms with E-state index in [9.17, 15) is 4.79 Å². The number of thioether (sulfide) groups is 1. The number of hydrogen-bond acceptors (Lipinski definition) is 6. The van der Waals surface area contributed by atoms with E-state index in [-0.39, 0.29) is 5.56 Å². The van der Waals surface area contributed by atoms with Crippen molar-refractivity contribution < 1.29 is 9.47 Å². The van der Waals surface area contributed by atoms with E-state index in [1.165, 1.54) is 11.8 Å². The molecular weight excluding hydrogens is 410 g/mol. The molecule has 4 aromatic rings. The monoisotopic (exact) mass is 433 g/mol. The van der Waals surface area contributed by atoms with Gasteiger partial charge < -0.3 is 9.47 Å². The smallest absolute Gasteiger partial charge is 0.266 e. The van der Waals surface area contributed by atoms with Gasteiger partial charge in [-0.2, -0.15) is 0 Å². The SMILES string of the molecule is COc1ccc(-n2c(SCc3nccc(OC)c3C)nc3ccc(C)cc3c2=O)cc1. The molecule has 0 bridgehead atoms. The van der Waals surface area contributed by atoms with Crippen LogP contribution in [0.4, 0.5) is 0 Å². The average Bonchev–Trinajstić information content (AvgIpc) is 2.79. The van der Waals surface area contributed by atoms with Crippen molar-refractivity contribution >= 4 is 22.7 Å². The third kappa shape index (κ3) is 4.14. The number of benzene rings is 2. The Morgan fingerprint density at radius 3 is 2.48 bits per heavy atom. The molecular formula is C24H23N3O3S. The van der Waals surface area contributed by atoms with Gasteiger partial charge in [0.25, 0.3) is 5.56 Å². The lowest BCUT2D eigenvalue weighted by atomic mass is 10.1. The maximum atomic E-state index is 13.5. The van der Waals surface area contributed by atoms with Crippen molar-refractivity contribution in [3.63, 3.8) is 0 Å². The van der Waals surface area contributed by atoms with Crippen LogP contribution in [0.5, 0.6) is 11.5 Å². The van der Waals surface area contributed by atoms with Crippen molar-refractivity contribution in [3.05, 3.63) is 81.9 Å². The first-order valence-corrected chi connectivity index (χ1v) is 10.8. The number of fused-ring (bicyclic) bond motifs is 1. The lowest BCUT2D eigenvalue weighted by Crippen LogP contribution is -2.22. The topological polar surface area (TPSA) is 66.2 Å². The van der Waals surface area contributed by atoms with E-state index in [1.807, 2.05) is 62.4 Å². The highest BCUT2D eigenvalue weighted by atomic mass is 32.2. The average molecular weight is 434 g/mol. The number of rotatable bonds is 6. The van der Waals surface area contributed by atoms with Crippen LogP contribution in [0.3, 0.4) is 0 Å². The Bertz CT molecular complexity index is 1300. The first-order valence-electron chi connectivity index (χ1n) is 9.81. The summed E-state index contributed by atoms with van der Waals surface area (Å²) in [4.78, 5) is 22.8. The second-order valence-electron chi connectivity index (χ2n) is 7.13. The van der Waals surface area contributed by atoms with Gasteiger partial charge in [0.05, 0.1) is 36.5 Å². The molecule has 0 unspecified atom stereocenters. The van der Waals surface area contributed by atoms with Crippen LogP contribution in [0, 0.1) is 13.8 Å². The zero-order chi connectivity index (χ0) is 22.0. The summed E-state index contributed by atoms with van der Waals surface area (Å²) in [6.07, 6.45) is 1.73. The summed E-state index contributed by atoms with van der Waals surface area (Å²) in [6, 6.07) is 15.0. The molecule has 0 aliphatic carbocycles. The van der Waals surface area contributed by atoms with E-state index < -0.39 is 0 Å². The van der Waals surface area contributed by atoms with Gasteiger partial charge in [0, 0.05) is 17.5 Å². The second-order valence-corrected chi connectivity index (χ2v) is 8.07. The molecule has 2 aromatic carbocycles. The number of aromatic nitrogens is 3. The molecule has 0 saturated carbocycles. The van der Waals surface area contributed by atoms with Crippen molar-refractivity contribution in [3.8, 4) is 17.2 Å². The fourth-order valence-electron chi connectivity index (χ4n) is 3.39. The molecule has 0 N–H and O–H groups in total. The van der Waals surface area contributed by atoms with Gasteiger partial charge in [0.2, 0.25) is 0 Å². The Balaban J connectivity index is 1.83. The molecule has 0 saturated heterocycles. The molecule has 0 aliphatic rings. The van der Waals surface area contributed by atoms with Crippen LogP contribution in [0.25, 0.3) is 16.6 Å². The van der Waals surface area contributed by atoms with Crippen LogP contribution in [-0.4, -0.2) is 28.8 Å². The van der Waals surface area contributed by atoms with Gasteiger partial charge in [-0.05, 0) is 56.3 Å². The summed E-state index contributed by atoms with van der Waals surface area (Å²) < 4.78 is 12.3. The Kier molecular flexibility index (Phi) is 5.95. The van der Waals surface area contributed by atoms with Crippen LogP contribution in [0.2, 0.25) is 0 Å². The molecule has 7 heteroatoms.